The summed E-state index contributed by atoms with van der Waals surface area (Å²) in [5.74, 6) is -0.290. The van der Waals surface area contributed by atoms with Crippen LogP contribution in [0.2, 0.25) is 0 Å². The zero-order valence-corrected chi connectivity index (χ0v) is 17.5. The first-order valence-corrected chi connectivity index (χ1v) is 10.9. The second-order valence-corrected chi connectivity index (χ2v) is 9.13. The Balaban J connectivity index is 1.75. The SMILES string of the molecule is CC(=O)N1CCc2ccc(NS(=O)(=O)c3ccc(NC(=O)C(C)C)cc3)cc2C1. The van der Waals surface area contributed by atoms with Crippen LogP contribution in [0, 0.1) is 5.92 Å². The summed E-state index contributed by atoms with van der Waals surface area (Å²) in [4.78, 5) is 25.2. The van der Waals surface area contributed by atoms with Crippen LogP contribution >= 0.6 is 0 Å². The molecule has 154 valence electrons. The van der Waals surface area contributed by atoms with Gasteiger partial charge in [-0.1, -0.05) is 19.9 Å². The first-order valence-electron chi connectivity index (χ1n) is 9.47. The molecular weight excluding hydrogens is 390 g/mol. The Morgan fingerprint density at radius 2 is 1.66 bits per heavy atom. The lowest BCUT2D eigenvalue weighted by Crippen LogP contribution is -2.34. The number of sulfonamides is 1. The minimum atomic E-state index is -3.77. The van der Waals surface area contributed by atoms with E-state index in [2.05, 4.69) is 10.0 Å². The van der Waals surface area contributed by atoms with Gasteiger partial charge in [-0.05, 0) is 53.9 Å². The van der Waals surface area contributed by atoms with Gasteiger partial charge in [-0.25, -0.2) is 8.42 Å². The number of anilines is 2. The average Bonchev–Trinajstić information content (AvgIpc) is 2.67. The molecule has 0 spiro atoms. The van der Waals surface area contributed by atoms with Gasteiger partial charge < -0.3 is 10.2 Å². The van der Waals surface area contributed by atoms with Crippen LogP contribution in [0.1, 0.15) is 31.9 Å². The van der Waals surface area contributed by atoms with Crippen LogP contribution in [0.25, 0.3) is 0 Å². The van der Waals surface area contributed by atoms with Gasteiger partial charge in [0.05, 0.1) is 4.90 Å². The van der Waals surface area contributed by atoms with Gasteiger partial charge in [0.15, 0.2) is 0 Å². The van der Waals surface area contributed by atoms with Crippen LogP contribution in [0.5, 0.6) is 0 Å². The van der Waals surface area contributed by atoms with E-state index < -0.39 is 10.0 Å². The summed E-state index contributed by atoms with van der Waals surface area (Å²) < 4.78 is 28.0. The van der Waals surface area contributed by atoms with Gasteiger partial charge >= 0.3 is 0 Å². The van der Waals surface area contributed by atoms with Crippen molar-refractivity contribution in [1.82, 2.24) is 4.90 Å². The van der Waals surface area contributed by atoms with E-state index in [-0.39, 0.29) is 22.6 Å². The molecule has 0 radical (unpaired) electrons. The van der Waals surface area contributed by atoms with Crippen molar-refractivity contribution in [2.45, 2.75) is 38.6 Å². The van der Waals surface area contributed by atoms with E-state index in [1.807, 2.05) is 6.07 Å². The van der Waals surface area contributed by atoms with E-state index in [1.54, 1.807) is 43.0 Å². The number of amides is 2. The third-order valence-electron chi connectivity index (χ3n) is 4.87. The number of nitrogens with one attached hydrogen (secondary N) is 2. The predicted molar refractivity (Wildman–Crippen MR) is 112 cm³/mol. The molecule has 0 fully saturated rings. The van der Waals surface area contributed by atoms with E-state index in [9.17, 15) is 18.0 Å². The van der Waals surface area contributed by atoms with Crippen molar-refractivity contribution >= 4 is 33.2 Å². The molecule has 2 aromatic carbocycles. The van der Waals surface area contributed by atoms with Crippen LogP contribution in [-0.2, 0) is 32.6 Å². The van der Waals surface area contributed by atoms with Gasteiger partial charge in [0.2, 0.25) is 11.8 Å². The van der Waals surface area contributed by atoms with E-state index in [0.717, 1.165) is 17.5 Å². The summed E-state index contributed by atoms with van der Waals surface area (Å²) in [7, 11) is -3.77. The number of carbonyl (C=O) groups excluding carboxylic acids is 2. The summed E-state index contributed by atoms with van der Waals surface area (Å²) in [6.07, 6.45) is 0.755. The fraction of sp³-hybridized carbons (Fsp3) is 0.333. The smallest absolute Gasteiger partial charge is 0.261 e. The van der Waals surface area contributed by atoms with E-state index in [1.165, 1.54) is 19.1 Å². The average molecular weight is 416 g/mol. The highest BCUT2D eigenvalue weighted by Crippen LogP contribution is 2.25. The quantitative estimate of drug-likeness (QED) is 0.785. The first-order chi connectivity index (χ1) is 13.7. The van der Waals surface area contributed by atoms with Crippen molar-refractivity contribution in [3.05, 3.63) is 53.6 Å². The molecule has 0 aromatic heterocycles. The van der Waals surface area contributed by atoms with Gasteiger partial charge in [-0.3, -0.25) is 14.3 Å². The number of rotatable bonds is 5. The zero-order valence-electron chi connectivity index (χ0n) is 16.7. The maximum Gasteiger partial charge on any atom is 0.261 e. The van der Waals surface area contributed by atoms with Crippen molar-refractivity contribution in [2.24, 2.45) is 5.92 Å². The van der Waals surface area contributed by atoms with E-state index >= 15 is 0 Å². The van der Waals surface area contributed by atoms with Gasteiger partial charge in [0.25, 0.3) is 10.0 Å². The lowest BCUT2D eigenvalue weighted by molar-refractivity contribution is -0.129. The van der Waals surface area contributed by atoms with Crippen molar-refractivity contribution in [3.63, 3.8) is 0 Å². The molecule has 1 aliphatic heterocycles. The van der Waals surface area contributed by atoms with Gasteiger partial charge in [-0.15, -0.1) is 0 Å². The van der Waals surface area contributed by atoms with Crippen LogP contribution < -0.4 is 10.0 Å². The molecule has 3 rings (SSSR count). The van der Waals surface area contributed by atoms with Crippen molar-refractivity contribution in [3.8, 4) is 0 Å². The summed E-state index contributed by atoms with van der Waals surface area (Å²) >= 11 is 0. The molecule has 0 atom stereocenters. The van der Waals surface area contributed by atoms with E-state index in [0.29, 0.717) is 24.5 Å². The number of benzene rings is 2. The minimum Gasteiger partial charge on any atom is -0.338 e. The Kier molecular flexibility index (Phi) is 5.93. The monoisotopic (exact) mass is 415 g/mol. The number of carbonyl (C=O) groups is 2. The second kappa shape index (κ2) is 8.24. The van der Waals surface area contributed by atoms with Gasteiger partial charge in [0, 0.05) is 37.3 Å². The maximum atomic E-state index is 12.7. The summed E-state index contributed by atoms with van der Waals surface area (Å²) in [5, 5.41) is 2.73. The van der Waals surface area contributed by atoms with Crippen molar-refractivity contribution in [2.75, 3.05) is 16.6 Å². The van der Waals surface area contributed by atoms with Gasteiger partial charge in [0.1, 0.15) is 0 Å². The van der Waals surface area contributed by atoms with Crippen LogP contribution in [0.4, 0.5) is 11.4 Å². The molecule has 1 heterocycles. The van der Waals surface area contributed by atoms with Crippen LogP contribution in [0.3, 0.4) is 0 Å². The second-order valence-electron chi connectivity index (χ2n) is 7.45. The van der Waals surface area contributed by atoms with Crippen LogP contribution in [-0.4, -0.2) is 31.7 Å². The standard InChI is InChI=1S/C21H25N3O4S/c1-14(2)21(26)22-18-6-8-20(9-7-18)29(27,28)23-19-5-4-16-10-11-24(15(3)25)13-17(16)12-19/h4-9,12,14,23H,10-11,13H2,1-3H3,(H,22,26). The number of hydrogen-bond acceptors (Lipinski definition) is 4. The lowest BCUT2D eigenvalue weighted by atomic mass is 9.99. The maximum absolute atomic E-state index is 12.7. The number of nitrogens with zero attached hydrogens (tertiary/aromatic N) is 1. The largest absolute Gasteiger partial charge is 0.338 e. The molecule has 2 N–H and O–H groups in total. The predicted octanol–water partition coefficient (Wildman–Crippen LogP) is 2.99. The minimum absolute atomic E-state index is 0.00582. The highest BCUT2D eigenvalue weighted by molar-refractivity contribution is 7.92. The Bertz CT molecular complexity index is 1030. The van der Waals surface area contributed by atoms with Crippen molar-refractivity contribution < 1.29 is 18.0 Å². The molecule has 0 saturated carbocycles. The van der Waals surface area contributed by atoms with Gasteiger partial charge in [-0.2, -0.15) is 0 Å². The summed E-state index contributed by atoms with van der Waals surface area (Å²) in [6, 6.07) is 11.4. The number of hydrogen-bond donors (Lipinski definition) is 2. The fourth-order valence-corrected chi connectivity index (χ4v) is 4.16. The molecule has 0 saturated heterocycles. The summed E-state index contributed by atoms with van der Waals surface area (Å²) in [6.45, 7) is 6.25. The molecule has 7 nitrogen and oxygen atoms in total. The Morgan fingerprint density at radius 3 is 2.28 bits per heavy atom. The first kappa shape index (κ1) is 20.9. The van der Waals surface area contributed by atoms with E-state index in [4.69, 9.17) is 0 Å². The highest BCUT2D eigenvalue weighted by atomic mass is 32.2. The zero-order chi connectivity index (χ0) is 21.2. The fourth-order valence-electron chi connectivity index (χ4n) is 3.11. The molecule has 29 heavy (non-hydrogen) atoms. The Hall–Kier alpha value is -2.87. The molecule has 8 heteroatoms. The molecular formula is C21H25N3O4S. The normalized spacial score (nSPS) is 13.7. The number of fused-ring (bicyclic) bond motifs is 1. The molecule has 2 aromatic rings. The van der Waals surface area contributed by atoms with Crippen molar-refractivity contribution in [1.29, 1.82) is 0 Å². The summed E-state index contributed by atoms with van der Waals surface area (Å²) in [5.41, 5.74) is 3.06. The molecule has 0 unspecified atom stereocenters. The van der Waals surface area contributed by atoms with Crippen LogP contribution in [0.15, 0.2) is 47.4 Å². The molecule has 0 aliphatic carbocycles. The highest BCUT2D eigenvalue weighted by Gasteiger charge is 2.20. The molecule has 2 amide bonds. The third kappa shape index (κ3) is 4.95. The topological polar surface area (TPSA) is 95.6 Å². The third-order valence-corrected chi connectivity index (χ3v) is 6.27. The molecule has 1 aliphatic rings. The molecule has 0 bridgehead atoms. The Morgan fingerprint density at radius 1 is 1.00 bits per heavy atom. The Labute approximate surface area is 171 Å². The lowest BCUT2D eigenvalue weighted by Gasteiger charge is -2.28.